The summed E-state index contributed by atoms with van der Waals surface area (Å²) in [5.41, 5.74) is 0. The summed E-state index contributed by atoms with van der Waals surface area (Å²) in [5, 5.41) is 114. The highest BCUT2D eigenvalue weighted by atomic mass is 16.8. The van der Waals surface area contributed by atoms with Crippen LogP contribution in [-0.4, -0.2) is 215 Å². The summed E-state index contributed by atoms with van der Waals surface area (Å²) in [5.74, 6) is -15.5. The fourth-order valence-corrected chi connectivity index (χ4v) is 7.81. The molecule has 5 aliphatic rings. The van der Waals surface area contributed by atoms with E-state index in [0.717, 1.165) is 20.8 Å². The third kappa shape index (κ3) is 9.30. The van der Waals surface area contributed by atoms with Crippen LogP contribution in [0.15, 0.2) is 0 Å². The normalized spacial score (nSPS) is 42.1. The van der Waals surface area contributed by atoms with Crippen molar-refractivity contribution in [2.24, 2.45) is 0 Å². The second-order valence-electron chi connectivity index (χ2n) is 15.1. The van der Waals surface area contributed by atoms with Gasteiger partial charge < -0.3 is 100 Å². The van der Waals surface area contributed by atoms with E-state index >= 15 is 0 Å². The van der Waals surface area contributed by atoms with Crippen molar-refractivity contribution in [3.63, 3.8) is 0 Å². The number of carbonyl (C=O) groups excluding carboxylic acids is 5. The van der Waals surface area contributed by atoms with Crippen LogP contribution in [0, 0.1) is 0 Å². The van der Waals surface area contributed by atoms with Crippen LogP contribution in [0.5, 0.6) is 0 Å². The van der Waals surface area contributed by atoms with Gasteiger partial charge in [-0.25, -0.2) is 14.4 Å². The number of esters is 2. The number of carboxylic acids is 1. The van der Waals surface area contributed by atoms with Crippen LogP contribution in [0.25, 0.3) is 0 Å². The van der Waals surface area contributed by atoms with E-state index in [4.69, 9.17) is 33.2 Å². The molecule has 26 heteroatoms. The molecule has 5 heterocycles. The van der Waals surface area contributed by atoms with Crippen molar-refractivity contribution in [1.29, 1.82) is 0 Å². The van der Waals surface area contributed by atoms with E-state index in [1.807, 2.05) is 0 Å². The molecular weight excluding hydrogens is 806 g/mol. The van der Waals surface area contributed by atoms with Crippen molar-refractivity contribution in [2.45, 2.75) is 149 Å². The van der Waals surface area contributed by atoms with Gasteiger partial charge in [0.1, 0.15) is 68.1 Å². The Hall–Kier alpha value is -3.74. The molecule has 26 nitrogen and oxygen atoms in total. The molecule has 0 bridgehead atoms. The number of aliphatic hydroxyl groups excluding tert-OH is 8. The predicted molar refractivity (Wildman–Crippen MR) is 180 cm³/mol. The Balaban J connectivity index is 1.45. The second kappa shape index (κ2) is 17.7. The maximum atomic E-state index is 13.5. The smallest absolute Gasteiger partial charge is 0.367 e. The van der Waals surface area contributed by atoms with Crippen molar-refractivity contribution in [1.82, 2.24) is 16.0 Å². The van der Waals surface area contributed by atoms with Crippen LogP contribution in [-0.2, 0) is 61.9 Å². The summed E-state index contributed by atoms with van der Waals surface area (Å²) in [4.78, 5) is 74.9. The minimum Gasteiger partial charge on any atom is -0.477 e. The second-order valence-corrected chi connectivity index (χ2v) is 15.1. The van der Waals surface area contributed by atoms with E-state index in [2.05, 4.69) is 16.0 Å². The van der Waals surface area contributed by atoms with Crippen molar-refractivity contribution in [2.75, 3.05) is 19.8 Å². The zero-order valence-electron chi connectivity index (χ0n) is 31.7. The van der Waals surface area contributed by atoms with Gasteiger partial charge in [0.05, 0.1) is 43.0 Å². The number of rotatable bonds is 11. The molecule has 13 N–H and O–H groups in total. The minimum absolute atomic E-state index is 0.730. The van der Waals surface area contributed by atoms with E-state index in [0.29, 0.717) is 0 Å². The third-order valence-electron chi connectivity index (χ3n) is 10.6. The van der Waals surface area contributed by atoms with Crippen LogP contribution in [0.2, 0.25) is 0 Å². The maximum Gasteiger partial charge on any atom is 0.367 e. The standard InChI is InChI=1S/C33H49N3O23/c1-10(38)34-19-13(41)4-31(52,28(48)49)57-26(19)23(46)17-8-53-30(51)33(55-17)6-15(43)21(36-12(3)40)27(59-33)24(47)18-9-54-29(50)32(56-18)5-14(42)20(35-11(2)39)25(58-32)22(45)16(44)7-37/h13-27,37,41-47,52H,4-9H2,1-3H3,(H,34,38)(H,35,39)(H,36,40)(H,48,49)/t13-,14-,15-,16+,17-,18-,19+,20+,21+,22+,23+,24+,25+,26+,27+,31-,32+,33+/m0/s1. The Morgan fingerprint density at radius 2 is 1.02 bits per heavy atom. The number of carboxylic acid groups (broad SMARTS) is 1. The van der Waals surface area contributed by atoms with Gasteiger partial charge in [-0.3, -0.25) is 14.4 Å². The first-order valence-electron chi connectivity index (χ1n) is 18.4. The minimum atomic E-state index is -3.08. The fourth-order valence-electron chi connectivity index (χ4n) is 7.81. The summed E-state index contributed by atoms with van der Waals surface area (Å²) < 4.78 is 39.3. The zero-order valence-corrected chi connectivity index (χ0v) is 31.7. The van der Waals surface area contributed by atoms with Crippen LogP contribution in [0.4, 0.5) is 0 Å². The quantitative estimate of drug-likeness (QED) is 0.0858. The summed E-state index contributed by atoms with van der Waals surface area (Å²) in [6.45, 7) is 0.452. The number of carbonyl (C=O) groups is 6. The molecular formula is C33H49N3O23. The molecule has 5 aliphatic heterocycles. The summed E-state index contributed by atoms with van der Waals surface area (Å²) in [6, 6.07) is -4.69. The van der Waals surface area contributed by atoms with Crippen molar-refractivity contribution in [3.8, 4) is 0 Å². The van der Waals surface area contributed by atoms with Gasteiger partial charge in [-0.15, -0.1) is 0 Å². The first kappa shape index (κ1) is 46.3. The highest BCUT2D eigenvalue weighted by Gasteiger charge is 2.64. The maximum absolute atomic E-state index is 13.5. The van der Waals surface area contributed by atoms with E-state index in [-0.39, 0.29) is 0 Å². The number of aliphatic hydroxyl groups is 9. The summed E-state index contributed by atoms with van der Waals surface area (Å²) >= 11 is 0. The number of ether oxygens (including phenoxy) is 7. The highest BCUT2D eigenvalue weighted by Crippen LogP contribution is 2.42. The van der Waals surface area contributed by atoms with Crippen molar-refractivity contribution >= 4 is 35.6 Å². The molecule has 3 amide bonds. The van der Waals surface area contributed by atoms with Crippen LogP contribution in [0.1, 0.15) is 40.0 Å². The number of cyclic esters (lactones) is 2. The van der Waals surface area contributed by atoms with Crippen LogP contribution < -0.4 is 16.0 Å². The third-order valence-corrected chi connectivity index (χ3v) is 10.6. The van der Waals surface area contributed by atoms with Gasteiger partial charge in [-0.2, -0.15) is 0 Å². The van der Waals surface area contributed by atoms with Gasteiger partial charge in [-0.1, -0.05) is 0 Å². The van der Waals surface area contributed by atoms with Gasteiger partial charge in [0, 0.05) is 40.0 Å². The molecule has 5 rings (SSSR count). The van der Waals surface area contributed by atoms with Crippen LogP contribution >= 0.6 is 0 Å². The number of hydrogen-bond donors (Lipinski definition) is 13. The predicted octanol–water partition coefficient (Wildman–Crippen LogP) is -8.56. The van der Waals surface area contributed by atoms with Gasteiger partial charge in [-0.05, 0) is 0 Å². The molecule has 5 saturated heterocycles. The Labute approximate surface area is 333 Å². The van der Waals surface area contributed by atoms with E-state index in [1.165, 1.54) is 0 Å². The number of aliphatic carboxylic acids is 1. The Morgan fingerprint density at radius 1 is 0.644 bits per heavy atom. The Morgan fingerprint density at radius 3 is 1.41 bits per heavy atom. The average Bonchev–Trinajstić information content (AvgIpc) is 3.15. The first-order chi connectivity index (χ1) is 27.5. The van der Waals surface area contributed by atoms with Crippen molar-refractivity contribution < 1.29 is 113 Å². The Bertz CT molecular complexity index is 1620. The number of hydrogen-bond acceptors (Lipinski definition) is 22. The van der Waals surface area contributed by atoms with E-state index < -0.39 is 183 Å². The van der Waals surface area contributed by atoms with Gasteiger partial charge in [0.15, 0.2) is 0 Å². The molecule has 59 heavy (non-hydrogen) atoms. The van der Waals surface area contributed by atoms with Gasteiger partial charge in [0.25, 0.3) is 17.4 Å². The molecule has 0 saturated carbocycles. The van der Waals surface area contributed by atoms with Gasteiger partial charge >= 0.3 is 17.9 Å². The lowest BCUT2D eigenvalue weighted by Crippen LogP contribution is -2.73. The molecule has 18 atom stereocenters. The van der Waals surface area contributed by atoms with Crippen LogP contribution in [0.3, 0.4) is 0 Å². The molecule has 2 spiro atoms. The number of amides is 3. The average molecular weight is 856 g/mol. The lowest BCUT2D eigenvalue weighted by molar-refractivity contribution is -0.373. The molecule has 0 aromatic carbocycles. The molecule has 0 radical (unpaired) electrons. The Kier molecular flexibility index (Phi) is 13.9. The zero-order chi connectivity index (χ0) is 43.9. The SMILES string of the molecule is CC(=O)N[C@H]1[C@H]([C@H](O)[C@H](O)CO)O[C@@]2(C[C@@H]1O)O[C@H]([C@@H](O)[C@@H]1O[C@@]3(C[C@H](O)[C@H]1NC(C)=O)O[C@H]([C@@H](O)[C@@H]1O[C@](O)(C(=O)O)C[C@H](O)[C@H]1NC(C)=O)COC3=O)COC2=O. The monoisotopic (exact) mass is 855 g/mol. The molecule has 5 fully saturated rings. The molecule has 0 aromatic rings. The molecule has 0 unspecified atom stereocenters. The van der Waals surface area contributed by atoms with Gasteiger partial charge in [0.2, 0.25) is 17.7 Å². The summed E-state index contributed by atoms with van der Waals surface area (Å²) in [6.07, 6.45) is -25.9. The highest BCUT2D eigenvalue weighted by molar-refractivity contribution is 5.80. The fraction of sp³-hybridized carbons (Fsp3) is 0.818. The lowest BCUT2D eigenvalue weighted by Gasteiger charge is -2.53. The lowest BCUT2D eigenvalue weighted by atomic mass is 9.86. The van der Waals surface area contributed by atoms with E-state index in [9.17, 15) is 79.8 Å². The molecule has 0 aromatic heterocycles. The number of nitrogens with one attached hydrogen (secondary N) is 3. The molecule has 0 aliphatic carbocycles. The van der Waals surface area contributed by atoms with Crippen molar-refractivity contribution in [3.05, 3.63) is 0 Å². The first-order valence-corrected chi connectivity index (χ1v) is 18.4. The molecule has 334 valence electrons. The topological polar surface area (TPSA) is 405 Å². The largest absolute Gasteiger partial charge is 0.477 e. The summed E-state index contributed by atoms with van der Waals surface area (Å²) in [7, 11) is 0. The van der Waals surface area contributed by atoms with E-state index in [1.54, 1.807) is 0 Å².